The molecule has 0 unspecified atom stereocenters. The Morgan fingerprint density at radius 2 is 1.05 bits per heavy atom. The van der Waals surface area contributed by atoms with Gasteiger partial charge >= 0.3 is 0 Å². The van der Waals surface area contributed by atoms with E-state index in [4.69, 9.17) is 23.8 Å². The number of benzene rings is 6. The van der Waals surface area contributed by atoms with Crippen LogP contribution in [0.5, 0.6) is 0 Å². The van der Waals surface area contributed by atoms with Crippen molar-refractivity contribution in [3.8, 4) is 34.2 Å². The van der Waals surface area contributed by atoms with Gasteiger partial charge in [0.1, 0.15) is 22.3 Å². The topological polar surface area (TPSA) is 65.0 Å². The lowest BCUT2D eigenvalue weighted by molar-refractivity contribution is 0.669. The number of para-hydroxylation sites is 2. The third kappa shape index (κ3) is 3.54. The van der Waals surface area contributed by atoms with Gasteiger partial charge in [-0.15, -0.1) is 0 Å². The van der Waals surface area contributed by atoms with E-state index in [1.165, 1.54) is 0 Å². The van der Waals surface area contributed by atoms with E-state index >= 15 is 0 Å². The number of furan rings is 2. The van der Waals surface area contributed by atoms with E-state index in [0.717, 1.165) is 71.3 Å². The first kappa shape index (κ1) is 22.9. The quantitative estimate of drug-likeness (QED) is 0.224. The highest BCUT2D eigenvalue weighted by atomic mass is 16.3. The van der Waals surface area contributed by atoms with Crippen LogP contribution in [0.4, 0.5) is 0 Å². The molecule has 0 saturated carbocycles. The highest BCUT2D eigenvalue weighted by molar-refractivity contribution is 6.12. The highest BCUT2D eigenvalue weighted by Gasteiger charge is 2.18. The zero-order chi connectivity index (χ0) is 27.6. The molecule has 0 bridgehead atoms. The number of aromatic nitrogens is 3. The molecule has 196 valence electrons. The second kappa shape index (κ2) is 8.85. The summed E-state index contributed by atoms with van der Waals surface area (Å²) in [6, 6.07) is 42.9. The maximum absolute atomic E-state index is 6.18. The van der Waals surface area contributed by atoms with Crippen LogP contribution in [0, 0.1) is 0 Å². The van der Waals surface area contributed by atoms with Crippen molar-refractivity contribution in [3.63, 3.8) is 0 Å². The molecular weight excluding hydrogens is 518 g/mol. The predicted octanol–water partition coefficient (Wildman–Crippen LogP) is 9.82. The minimum absolute atomic E-state index is 0.601. The van der Waals surface area contributed by atoms with Crippen molar-refractivity contribution in [2.75, 3.05) is 0 Å². The van der Waals surface area contributed by atoms with E-state index in [9.17, 15) is 0 Å². The van der Waals surface area contributed by atoms with E-state index < -0.39 is 0 Å². The van der Waals surface area contributed by atoms with Crippen LogP contribution >= 0.6 is 0 Å². The molecule has 0 radical (unpaired) electrons. The molecule has 3 heterocycles. The van der Waals surface area contributed by atoms with Gasteiger partial charge in [0, 0.05) is 38.2 Å². The minimum Gasteiger partial charge on any atom is -0.456 e. The molecule has 0 amide bonds. The Morgan fingerprint density at radius 3 is 1.90 bits per heavy atom. The summed E-state index contributed by atoms with van der Waals surface area (Å²) in [5.74, 6) is 1.83. The Kier molecular flexibility index (Phi) is 4.83. The summed E-state index contributed by atoms with van der Waals surface area (Å²) in [5, 5.41) is 6.45. The smallest absolute Gasteiger partial charge is 0.164 e. The SMILES string of the molecule is c1ccc(-c2nc(-c3ccc4cc5c(cc4c3)oc3ccccc35)nc(-c3cccc4oc5ccccc5c34)n2)cc1. The lowest BCUT2D eigenvalue weighted by Crippen LogP contribution is -2.00. The van der Waals surface area contributed by atoms with Crippen LogP contribution in [0.1, 0.15) is 0 Å². The Labute approximate surface area is 239 Å². The zero-order valence-corrected chi connectivity index (χ0v) is 22.3. The number of hydrogen-bond donors (Lipinski definition) is 0. The van der Waals surface area contributed by atoms with Crippen molar-refractivity contribution in [2.45, 2.75) is 0 Å². The predicted molar refractivity (Wildman–Crippen MR) is 168 cm³/mol. The van der Waals surface area contributed by atoms with Crippen LogP contribution in [0.25, 0.3) is 88.8 Å². The van der Waals surface area contributed by atoms with Crippen molar-refractivity contribution < 1.29 is 8.83 Å². The molecule has 0 aliphatic carbocycles. The minimum atomic E-state index is 0.601. The molecule has 0 spiro atoms. The Balaban J connectivity index is 1.28. The van der Waals surface area contributed by atoms with Gasteiger partial charge in [-0.2, -0.15) is 0 Å². The first-order valence-electron chi connectivity index (χ1n) is 13.9. The van der Waals surface area contributed by atoms with Gasteiger partial charge < -0.3 is 8.83 Å². The molecule has 0 saturated heterocycles. The van der Waals surface area contributed by atoms with Crippen molar-refractivity contribution in [1.82, 2.24) is 15.0 Å². The first-order chi connectivity index (χ1) is 20.8. The molecule has 0 aliphatic heterocycles. The maximum Gasteiger partial charge on any atom is 0.164 e. The van der Waals surface area contributed by atoms with Crippen LogP contribution < -0.4 is 0 Å². The Hall–Kier alpha value is -5.81. The molecule has 9 aromatic rings. The molecule has 3 aromatic heterocycles. The van der Waals surface area contributed by atoms with Crippen molar-refractivity contribution in [1.29, 1.82) is 0 Å². The van der Waals surface area contributed by atoms with Crippen molar-refractivity contribution in [2.24, 2.45) is 0 Å². The van der Waals surface area contributed by atoms with E-state index in [2.05, 4.69) is 48.5 Å². The monoisotopic (exact) mass is 539 g/mol. The third-order valence-electron chi connectivity index (χ3n) is 7.90. The van der Waals surface area contributed by atoms with Gasteiger partial charge in [-0.05, 0) is 47.2 Å². The largest absolute Gasteiger partial charge is 0.456 e. The van der Waals surface area contributed by atoms with Crippen LogP contribution in [-0.4, -0.2) is 15.0 Å². The molecule has 5 nitrogen and oxygen atoms in total. The van der Waals surface area contributed by atoms with E-state index in [1.807, 2.05) is 78.9 Å². The van der Waals surface area contributed by atoms with Crippen molar-refractivity contribution >= 4 is 54.6 Å². The fourth-order valence-corrected chi connectivity index (χ4v) is 5.91. The average Bonchev–Trinajstić information content (AvgIpc) is 3.61. The molecular formula is C37H21N3O2. The summed E-state index contributed by atoms with van der Waals surface area (Å²) in [4.78, 5) is 15.0. The Morgan fingerprint density at radius 1 is 0.381 bits per heavy atom. The summed E-state index contributed by atoms with van der Waals surface area (Å²) in [6.45, 7) is 0. The summed E-state index contributed by atoms with van der Waals surface area (Å²) in [6.07, 6.45) is 0. The molecule has 0 aliphatic rings. The van der Waals surface area contributed by atoms with E-state index in [1.54, 1.807) is 0 Å². The molecule has 0 fully saturated rings. The average molecular weight is 540 g/mol. The maximum atomic E-state index is 6.18. The van der Waals surface area contributed by atoms with Crippen LogP contribution in [0.2, 0.25) is 0 Å². The molecule has 6 aromatic carbocycles. The van der Waals surface area contributed by atoms with Gasteiger partial charge in [-0.3, -0.25) is 0 Å². The highest BCUT2D eigenvalue weighted by Crippen LogP contribution is 2.37. The zero-order valence-electron chi connectivity index (χ0n) is 22.3. The number of hydrogen-bond acceptors (Lipinski definition) is 5. The lowest BCUT2D eigenvalue weighted by atomic mass is 10.0. The fourth-order valence-electron chi connectivity index (χ4n) is 5.91. The molecule has 0 N–H and O–H groups in total. The van der Waals surface area contributed by atoms with Crippen LogP contribution in [-0.2, 0) is 0 Å². The van der Waals surface area contributed by atoms with Gasteiger partial charge in [0.2, 0.25) is 0 Å². The van der Waals surface area contributed by atoms with Crippen molar-refractivity contribution in [3.05, 3.63) is 127 Å². The summed E-state index contributed by atoms with van der Waals surface area (Å²) in [7, 11) is 0. The van der Waals surface area contributed by atoms with Gasteiger partial charge in [-0.1, -0.05) is 91.0 Å². The van der Waals surface area contributed by atoms with Gasteiger partial charge in [0.05, 0.1) is 0 Å². The summed E-state index contributed by atoms with van der Waals surface area (Å²) < 4.78 is 12.3. The van der Waals surface area contributed by atoms with Gasteiger partial charge in [-0.25, -0.2) is 15.0 Å². The number of rotatable bonds is 3. The molecule has 42 heavy (non-hydrogen) atoms. The van der Waals surface area contributed by atoms with Gasteiger partial charge in [0.15, 0.2) is 17.5 Å². The molecule has 0 atom stereocenters. The fraction of sp³-hybridized carbons (Fsp3) is 0. The lowest BCUT2D eigenvalue weighted by Gasteiger charge is -2.10. The second-order valence-electron chi connectivity index (χ2n) is 10.5. The van der Waals surface area contributed by atoms with Gasteiger partial charge in [0.25, 0.3) is 0 Å². The Bertz CT molecular complexity index is 2470. The van der Waals surface area contributed by atoms with Crippen LogP contribution in [0.3, 0.4) is 0 Å². The first-order valence-corrected chi connectivity index (χ1v) is 13.9. The number of fused-ring (bicyclic) bond motifs is 7. The summed E-state index contributed by atoms with van der Waals surface area (Å²) >= 11 is 0. The van der Waals surface area contributed by atoms with E-state index in [-0.39, 0.29) is 0 Å². The third-order valence-corrected chi connectivity index (χ3v) is 7.90. The molecule has 9 rings (SSSR count). The van der Waals surface area contributed by atoms with E-state index in [0.29, 0.717) is 17.5 Å². The summed E-state index contributed by atoms with van der Waals surface area (Å²) in [5.41, 5.74) is 6.13. The second-order valence-corrected chi connectivity index (χ2v) is 10.5. The standard InChI is InChI=1S/C37H21N3O2/c1-2-9-22(10-3-1)35-38-36(40-37(39-35)28-13-8-16-32-34(28)27-12-5-7-15-31(27)41-32)24-18-17-23-20-29-26-11-4-6-14-30(26)42-33(29)21-25(23)19-24/h1-21H. The normalized spacial score (nSPS) is 11.8. The van der Waals surface area contributed by atoms with Crippen LogP contribution in [0.15, 0.2) is 136 Å². The molecule has 5 heteroatoms. The number of nitrogens with zero attached hydrogens (tertiary/aromatic N) is 3.